The van der Waals surface area contributed by atoms with Crippen LogP contribution in [-0.2, 0) is 9.53 Å². The van der Waals surface area contributed by atoms with Crippen molar-refractivity contribution in [3.63, 3.8) is 0 Å². The number of rotatable bonds is 2. The summed E-state index contributed by atoms with van der Waals surface area (Å²) < 4.78 is 6.75. The van der Waals surface area contributed by atoms with E-state index in [0.29, 0.717) is 13.2 Å². The average Bonchev–Trinajstić information content (AvgIpc) is 2.30. The summed E-state index contributed by atoms with van der Waals surface area (Å²) in [5, 5.41) is 0. The standard InChI is InChI=1S/C8H14NO2P/c1-3-4-5-8(2)7(10)11-6-9(8)12/h3-4H,5-6,12H2,1-2H3/b4-3-. The van der Waals surface area contributed by atoms with Gasteiger partial charge in [0.2, 0.25) is 0 Å². The molecule has 1 rings (SSSR count). The molecule has 0 amide bonds. The Morgan fingerprint density at radius 2 is 2.50 bits per heavy atom. The smallest absolute Gasteiger partial charge is 0.328 e. The summed E-state index contributed by atoms with van der Waals surface area (Å²) in [6.45, 7) is 4.20. The van der Waals surface area contributed by atoms with Crippen LogP contribution in [-0.4, -0.2) is 22.9 Å². The molecule has 1 heterocycles. The van der Waals surface area contributed by atoms with Crippen LogP contribution in [0.1, 0.15) is 20.3 Å². The van der Waals surface area contributed by atoms with Crippen LogP contribution in [0.15, 0.2) is 12.2 Å². The van der Waals surface area contributed by atoms with Crippen molar-refractivity contribution in [1.82, 2.24) is 4.67 Å². The second kappa shape index (κ2) is 3.55. The summed E-state index contributed by atoms with van der Waals surface area (Å²) >= 11 is 0. The number of esters is 1. The van der Waals surface area contributed by atoms with Crippen molar-refractivity contribution in [2.45, 2.75) is 25.8 Å². The normalized spacial score (nSPS) is 31.4. The summed E-state index contributed by atoms with van der Waals surface area (Å²) in [6, 6.07) is 0. The van der Waals surface area contributed by atoms with E-state index in [1.54, 1.807) is 0 Å². The van der Waals surface area contributed by atoms with Gasteiger partial charge in [-0.05, 0) is 20.3 Å². The van der Waals surface area contributed by atoms with Gasteiger partial charge in [-0.1, -0.05) is 21.5 Å². The van der Waals surface area contributed by atoms with E-state index in [4.69, 9.17) is 4.74 Å². The molecule has 2 atom stereocenters. The van der Waals surface area contributed by atoms with E-state index in [1.807, 2.05) is 30.7 Å². The van der Waals surface area contributed by atoms with E-state index in [-0.39, 0.29) is 5.97 Å². The molecule has 4 heteroatoms. The first-order chi connectivity index (χ1) is 5.61. The third-order valence-electron chi connectivity index (χ3n) is 2.16. The lowest BCUT2D eigenvalue weighted by Gasteiger charge is -2.24. The number of ether oxygens (including phenoxy) is 1. The highest BCUT2D eigenvalue weighted by molar-refractivity contribution is 7.13. The summed E-state index contributed by atoms with van der Waals surface area (Å²) in [7, 11) is 2.51. The number of allylic oxidation sites excluding steroid dienone is 1. The molecule has 0 bridgehead atoms. The molecule has 1 aliphatic rings. The highest BCUT2D eigenvalue weighted by Gasteiger charge is 2.43. The third kappa shape index (κ3) is 1.52. The van der Waals surface area contributed by atoms with Crippen molar-refractivity contribution in [3.8, 4) is 0 Å². The van der Waals surface area contributed by atoms with E-state index in [1.165, 1.54) is 0 Å². The molecule has 0 saturated carbocycles. The van der Waals surface area contributed by atoms with Crippen molar-refractivity contribution in [1.29, 1.82) is 0 Å². The quantitative estimate of drug-likeness (QED) is 0.371. The van der Waals surface area contributed by atoms with Crippen molar-refractivity contribution in [3.05, 3.63) is 12.2 Å². The first kappa shape index (κ1) is 9.69. The summed E-state index contributed by atoms with van der Waals surface area (Å²) in [5.74, 6) is -0.143. The van der Waals surface area contributed by atoms with Crippen molar-refractivity contribution in [2.24, 2.45) is 0 Å². The van der Waals surface area contributed by atoms with Crippen LogP contribution in [0.25, 0.3) is 0 Å². The average molecular weight is 187 g/mol. The van der Waals surface area contributed by atoms with Gasteiger partial charge in [-0.2, -0.15) is 0 Å². The van der Waals surface area contributed by atoms with Gasteiger partial charge in [-0.25, -0.2) is 9.46 Å². The summed E-state index contributed by atoms with van der Waals surface area (Å²) in [5.41, 5.74) is -0.489. The van der Waals surface area contributed by atoms with Gasteiger partial charge in [0.15, 0.2) is 0 Å². The highest BCUT2D eigenvalue weighted by Crippen LogP contribution is 2.30. The maximum Gasteiger partial charge on any atom is 0.328 e. The molecule has 1 saturated heterocycles. The number of carbonyl (C=O) groups excluding carboxylic acids is 1. The fourth-order valence-electron chi connectivity index (χ4n) is 1.09. The van der Waals surface area contributed by atoms with Crippen molar-refractivity contribution in [2.75, 3.05) is 6.73 Å². The zero-order chi connectivity index (χ0) is 9.19. The predicted molar refractivity (Wildman–Crippen MR) is 50.3 cm³/mol. The van der Waals surface area contributed by atoms with Crippen molar-refractivity contribution < 1.29 is 9.53 Å². The Balaban J connectivity index is 2.72. The van der Waals surface area contributed by atoms with Gasteiger partial charge in [0, 0.05) is 0 Å². The molecule has 0 aromatic rings. The van der Waals surface area contributed by atoms with Gasteiger partial charge in [-0.3, -0.25) is 0 Å². The molecular formula is C8H14NO2P. The Morgan fingerprint density at radius 3 is 2.92 bits per heavy atom. The lowest BCUT2D eigenvalue weighted by atomic mass is 9.99. The minimum atomic E-state index is -0.489. The molecule has 3 nitrogen and oxygen atoms in total. The van der Waals surface area contributed by atoms with Crippen molar-refractivity contribution >= 4 is 15.4 Å². The molecule has 1 aliphatic heterocycles. The van der Waals surface area contributed by atoms with Crippen LogP contribution in [0.5, 0.6) is 0 Å². The van der Waals surface area contributed by atoms with Crippen LogP contribution in [0, 0.1) is 0 Å². The van der Waals surface area contributed by atoms with Crippen LogP contribution in [0.2, 0.25) is 0 Å². The minimum absolute atomic E-state index is 0.143. The fourth-order valence-corrected chi connectivity index (χ4v) is 1.38. The van der Waals surface area contributed by atoms with Crippen LogP contribution >= 0.6 is 9.39 Å². The van der Waals surface area contributed by atoms with Gasteiger partial charge in [-0.15, -0.1) is 0 Å². The second-order valence-electron chi connectivity index (χ2n) is 3.08. The second-order valence-corrected chi connectivity index (χ2v) is 3.70. The largest absolute Gasteiger partial charge is 0.448 e. The molecule has 0 N–H and O–H groups in total. The molecule has 1 fully saturated rings. The van der Waals surface area contributed by atoms with E-state index in [2.05, 4.69) is 9.39 Å². The maximum atomic E-state index is 11.3. The Labute approximate surface area is 75.0 Å². The number of cyclic esters (lactones) is 1. The summed E-state index contributed by atoms with van der Waals surface area (Å²) in [6.07, 6.45) is 4.62. The number of hydrogen-bond donors (Lipinski definition) is 0. The molecule has 0 radical (unpaired) electrons. The Morgan fingerprint density at radius 1 is 1.83 bits per heavy atom. The third-order valence-corrected chi connectivity index (χ3v) is 2.88. The van der Waals surface area contributed by atoms with Crippen LogP contribution in [0.3, 0.4) is 0 Å². The van der Waals surface area contributed by atoms with Gasteiger partial charge in [0.05, 0.1) is 0 Å². The molecular weight excluding hydrogens is 173 g/mol. The molecule has 0 aromatic carbocycles. The highest BCUT2D eigenvalue weighted by atomic mass is 31.0. The zero-order valence-corrected chi connectivity index (χ0v) is 8.56. The van der Waals surface area contributed by atoms with E-state index < -0.39 is 5.54 Å². The number of carbonyl (C=O) groups is 1. The van der Waals surface area contributed by atoms with Gasteiger partial charge in [0.1, 0.15) is 12.3 Å². The first-order valence-electron chi connectivity index (χ1n) is 3.92. The monoisotopic (exact) mass is 187 g/mol. The fraction of sp³-hybridized carbons (Fsp3) is 0.625. The molecule has 0 aliphatic carbocycles. The summed E-state index contributed by atoms with van der Waals surface area (Å²) in [4.78, 5) is 11.3. The molecule has 12 heavy (non-hydrogen) atoms. The molecule has 0 spiro atoms. The SMILES string of the molecule is C/C=C\CC1(C)C(=O)OCN1P. The predicted octanol–water partition coefficient (Wildman–Crippen LogP) is 1.32. The first-order valence-corrected chi connectivity index (χ1v) is 4.43. The number of hydrogen-bond acceptors (Lipinski definition) is 3. The van der Waals surface area contributed by atoms with Gasteiger partial charge < -0.3 is 4.74 Å². The Bertz CT molecular complexity index is 217. The van der Waals surface area contributed by atoms with Gasteiger partial charge >= 0.3 is 5.97 Å². The maximum absolute atomic E-state index is 11.3. The van der Waals surface area contributed by atoms with E-state index in [9.17, 15) is 4.79 Å². The Hall–Kier alpha value is -0.400. The van der Waals surface area contributed by atoms with Crippen LogP contribution in [0.4, 0.5) is 0 Å². The molecule has 68 valence electrons. The number of nitrogens with zero attached hydrogens (tertiary/aromatic N) is 1. The van der Waals surface area contributed by atoms with E-state index in [0.717, 1.165) is 0 Å². The molecule has 0 aromatic heterocycles. The Kier molecular flexibility index (Phi) is 2.86. The van der Waals surface area contributed by atoms with E-state index >= 15 is 0 Å². The topological polar surface area (TPSA) is 29.5 Å². The minimum Gasteiger partial charge on any atom is -0.448 e. The lowest BCUT2D eigenvalue weighted by Crippen LogP contribution is -2.39. The molecule has 2 unspecified atom stereocenters. The zero-order valence-electron chi connectivity index (χ0n) is 7.41. The lowest BCUT2D eigenvalue weighted by molar-refractivity contribution is -0.142. The van der Waals surface area contributed by atoms with Crippen LogP contribution < -0.4 is 0 Å². The van der Waals surface area contributed by atoms with Gasteiger partial charge in [0.25, 0.3) is 0 Å².